The Kier molecular flexibility index (Phi) is 6.17. The summed E-state index contributed by atoms with van der Waals surface area (Å²) < 4.78 is 0. The average Bonchev–Trinajstić information content (AvgIpc) is 2.20. The molecule has 0 fully saturated rings. The van der Waals surface area contributed by atoms with Gasteiger partial charge in [-0.25, -0.2) is 0 Å². The van der Waals surface area contributed by atoms with Crippen molar-refractivity contribution in [1.82, 2.24) is 0 Å². The van der Waals surface area contributed by atoms with Crippen LogP contribution in [0.25, 0.3) is 0 Å². The predicted octanol–water partition coefficient (Wildman–Crippen LogP) is 2.75. The van der Waals surface area contributed by atoms with Gasteiger partial charge in [-0.2, -0.15) is 0 Å². The average molecular weight is 195 g/mol. The minimum absolute atomic E-state index is 0.642. The fourth-order valence-electron chi connectivity index (χ4n) is 1.56. The second-order valence-electron chi connectivity index (χ2n) is 3.94. The highest BCUT2D eigenvalue weighted by Crippen LogP contribution is 2.25. The first kappa shape index (κ1) is 13.1. The SMILES string of the molecule is CC(C)c1ccccc1C(C)C.[O-]O. The molecule has 0 unspecified atom stereocenters. The maximum absolute atomic E-state index is 7.25. The molecule has 2 nitrogen and oxygen atoms in total. The zero-order valence-corrected chi connectivity index (χ0v) is 9.32. The largest absolute Gasteiger partial charge is 0.727 e. The highest BCUT2D eigenvalue weighted by atomic mass is 17.0. The monoisotopic (exact) mass is 195 g/mol. The number of hydrogen-bond donors (Lipinski definition) is 1. The van der Waals surface area contributed by atoms with Gasteiger partial charge in [0.15, 0.2) is 0 Å². The molecule has 0 amide bonds. The van der Waals surface area contributed by atoms with Crippen LogP contribution in [0.3, 0.4) is 0 Å². The van der Waals surface area contributed by atoms with Gasteiger partial charge in [0.05, 0.1) is 0 Å². The van der Waals surface area contributed by atoms with Crippen LogP contribution < -0.4 is 5.26 Å². The van der Waals surface area contributed by atoms with Crippen molar-refractivity contribution in [2.75, 3.05) is 0 Å². The Morgan fingerprint density at radius 1 is 0.857 bits per heavy atom. The van der Waals surface area contributed by atoms with Gasteiger partial charge in [-0.15, -0.1) is 0 Å². The molecule has 0 atom stereocenters. The lowest BCUT2D eigenvalue weighted by Crippen LogP contribution is -1.97. The van der Waals surface area contributed by atoms with E-state index in [0.29, 0.717) is 11.8 Å². The normalized spacial score (nSPS) is 10.0. The number of hydrogen-bond acceptors (Lipinski definition) is 2. The first-order chi connectivity index (χ1) is 6.63. The van der Waals surface area contributed by atoms with Gasteiger partial charge in [-0.1, -0.05) is 52.0 Å². The van der Waals surface area contributed by atoms with E-state index in [1.807, 2.05) is 0 Å². The van der Waals surface area contributed by atoms with Gasteiger partial charge < -0.3 is 10.5 Å². The van der Waals surface area contributed by atoms with E-state index in [1.165, 1.54) is 11.1 Å². The molecule has 0 bridgehead atoms. The maximum Gasteiger partial charge on any atom is -0.0216 e. The van der Waals surface area contributed by atoms with Crippen molar-refractivity contribution in [2.24, 2.45) is 0 Å². The van der Waals surface area contributed by atoms with E-state index in [1.54, 1.807) is 0 Å². The third-order valence-electron chi connectivity index (χ3n) is 2.24. The fraction of sp³-hybridized carbons (Fsp3) is 0.500. The van der Waals surface area contributed by atoms with Crippen molar-refractivity contribution >= 4 is 0 Å². The van der Waals surface area contributed by atoms with Crippen molar-refractivity contribution in [3.8, 4) is 0 Å². The van der Waals surface area contributed by atoms with E-state index in [9.17, 15) is 0 Å². The summed E-state index contributed by atoms with van der Waals surface area (Å²) in [5.74, 6) is 1.28. The Labute approximate surface area is 86.1 Å². The molecular formula is C12H19O2-. The molecule has 14 heavy (non-hydrogen) atoms. The van der Waals surface area contributed by atoms with Crippen molar-refractivity contribution in [3.05, 3.63) is 35.4 Å². The minimum atomic E-state index is 0.642. The van der Waals surface area contributed by atoms with Gasteiger partial charge in [0.25, 0.3) is 0 Å². The van der Waals surface area contributed by atoms with E-state index in [-0.39, 0.29) is 0 Å². The van der Waals surface area contributed by atoms with Gasteiger partial charge >= 0.3 is 0 Å². The van der Waals surface area contributed by atoms with Crippen LogP contribution in [0.1, 0.15) is 50.7 Å². The Balaban J connectivity index is 0.000000791. The molecule has 0 aliphatic heterocycles. The molecule has 80 valence electrons. The molecule has 0 aliphatic carbocycles. The Morgan fingerprint density at radius 2 is 1.14 bits per heavy atom. The third kappa shape index (κ3) is 3.48. The molecule has 0 saturated heterocycles. The molecule has 0 aliphatic rings. The van der Waals surface area contributed by atoms with Crippen molar-refractivity contribution in [2.45, 2.75) is 39.5 Å². The third-order valence-corrected chi connectivity index (χ3v) is 2.24. The van der Waals surface area contributed by atoms with Gasteiger partial charge in [0, 0.05) is 0 Å². The van der Waals surface area contributed by atoms with E-state index in [0.717, 1.165) is 0 Å². The maximum atomic E-state index is 7.25. The zero-order chi connectivity index (χ0) is 11.1. The molecule has 2 heteroatoms. The van der Waals surface area contributed by atoms with Gasteiger partial charge in [0.2, 0.25) is 0 Å². The van der Waals surface area contributed by atoms with E-state index < -0.39 is 0 Å². The molecule has 1 aromatic rings. The highest BCUT2D eigenvalue weighted by molar-refractivity contribution is 5.31. The van der Waals surface area contributed by atoms with Crippen LogP contribution in [-0.2, 0) is 0 Å². The van der Waals surface area contributed by atoms with Crippen LogP contribution in [0, 0.1) is 0 Å². The smallest absolute Gasteiger partial charge is 0.0216 e. The highest BCUT2D eigenvalue weighted by Gasteiger charge is 2.07. The van der Waals surface area contributed by atoms with Crippen LogP contribution in [0.4, 0.5) is 0 Å². The first-order valence-corrected chi connectivity index (χ1v) is 4.90. The van der Waals surface area contributed by atoms with Crippen LogP contribution in [0.2, 0.25) is 0 Å². The summed E-state index contributed by atoms with van der Waals surface area (Å²) in [5, 5.41) is 13.0. The summed E-state index contributed by atoms with van der Waals surface area (Å²) in [6, 6.07) is 8.72. The van der Waals surface area contributed by atoms with E-state index >= 15 is 0 Å². The number of benzene rings is 1. The lowest BCUT2D eigenvalue weighted by molar-refractivity contribution is -0.670. The summed E-state index contributed by atoms with van der Waals surface area (Å²) in [4.78, 5) is 0. The summed E-state index contributed by atoms with van der Waals surface area (Å²) in [5.41, 5.74) is 2.99. The van der Waals surface area contributed by atoms with Crippen LogP contribution >= 0.6 is 0 Å². The molecule has 0 heterocycles. The summed E-state index contributed by atoms with van der Waals surface area (Å²) >= 11 is 0. The van der Waals surface area contributed by atoms with Crippen LogP contribution in [-0.4, -0.2) is 5.26 Å². The predicted molar refractivity (Wildman–Crippen MR) is 57.2 cm³/mol. The van der Waals surface area contributed by atoms with Gasteiger partial charge in [-0.05, 0) is 23.0 Å². The van der Waals surface area contributed by atoms with Crippen molar-refractivity contribution in [1.29, 1.82) is 0 Å². The molecule has 0 aromatic heterocycles. The fourth-order valence-corrected chi connectivity index (χ4v) is 1.56. The second-order valence-corrected chi connectivity index (χ2v) is 3.94. The molecule has 1 N–H and O–H groups in total. The summed E-state index contributed by atoms with van der Waals surface area (Å²) in [6.45, 7) is 9.00. The molecule has 1 aromatic carbocycles. The second kappa shape index (κ2) is 6.57. The molecule has 0 spiro atoms. The lowest BCUT2D eigenvalue weighted by Gasteiger charge is -2.14. The van der Waals surface area contributed by atoms with Gasteiger partial charge in [0.1, 0.15) is 0 Å². The zero-order valence-electron chi connectivity index (χ0n) is 9.32. The van der Waals surface area contributed by atoms with E-state index in [4.69, 9.17) is 10.5 Å². The topological polar surface area (TPSA) is 43.3 Å². The standard InChI is InChI=1S/C12H18.H2O2/c1-9(2)11-7-5-6-8-12(11)10(3)4;1-2/h5-10H,1-4H3;1-2H/p-1. The Bertz CT molecular complexity index is 227. The molecule has 0 radical (unpaired) electrons. The number of rotatable bonds is 2. The molecule has 1 rings (SSSR count). The summed E-state index contributed by atoms with van der Waals surface area (Å²) in [7, 11) is 0. The Morgan fingerprint density at radius 3 is 1.36 bits per heavy atom. The van der Waals surface area contributed by atoms with E-state index in [2.05, 4.69) is 52.0 Å². The van der Waals surface area contributed by atoms with Crippen LogP contribution in [0.15, 0.2) is 24.3 Å². The lowest BCUT2D eigenvalue weighted by atomic mass is 9.91. The quantitative estimate of drug-likeness (QED) is 0.582. The van der Waals surface area contributed by atoms with Gasteiger partial charge in [-0.3, -0.25) is 0 Å². The van der Waals surface area contributed by atoms with Crippen molar-refractivity contribution < 1.29 is 10.5 Å². The molecule has 0 saturated carbocycles. The van der Waals surface area contributed by atoms with Crippen molar-refractivity contribution in [3.63, 3.8) is 0 Å². The first-order valence-electron chi connectivity index (χ1n) is 4.90. The van der Waals surface area contributed by atoms with Crippen LogP contribution in [0.5, 0.6) is 0 Å². The minimum Gasteiger partial charge on any atom is -0.727 e. The molecular weight excluding hydrogens is 176 g/mol. The Hall–Kier alpha value is -0.860. The summed E-state index contributed by atoms with van der Waals surface area (Å²) in [6.07, 6.45) is 0.